The molecule has 0 spiro atoms. The Morgan fingerprint density at radius 2 is 2.09 bits per heavy atom. The highest BCUT2D eigenvalue weighted by molar-refractivity contribution is 5.83. The van der Waals surface area contributed by atoms with Crippen molar-refractivity contribution in [2.24, 2.45) is 5.92 Å². The highest BCUT2D eigenvalue weighted by Crippen LogP contribution is 2.27. The van der Waals surface area contributed by atoms with Crippen molar-refractivity contribution < 1.29 is 19.4 Å². The number of hydrogen-bond donors (Lipinski definition) is 2. The molecular formula is C17H23NO4. The molecule has 1 aliphatic rings. The van der Waals surface area contributed by atoms with Crippen LogP contribution in [0.15, 0.2) is 24.3 Å². The average Bonchev–Trinajstić information content (AvgIpc) is 2.99. The molecule has 1 fully saturated rings. The lowest BCUT2D eigenvalue weighted by Crippen LogP contribution is -2.42. The summed E-state index contributed by atoms with van der Waals surface area (Å²) < 4.78 is 5.13. The number of carbonyl (C=O) groups excluding carboxylic acids is 1. The summed E-state index contributed by atoms with van der Waals surface area (Å²) in [5.41, 5.74) is 0.827. The molecule has 0 radical (unpaired) electrons. The summed E-state index contributed by atoms with van der Waals surface area (Å²) in [5.74, 6) is -0.0880. The Balaban J connectivity index is 1.93. The summed E-state index contributed by atoms with van der Waals surface area (Å²) in [7, 11) is 1.57. The van der Waals surface area contributed by atoms with Crippen LogP contribution in [0.2, 0.25) is 0 Å². The number of carboxylic acid groups (broad SMARTS) is 1. The first-order chi connectivity index (χ1) is 10.6. The zero-order valence-corrected chi connectivity index (χ0v) is 12.9. The molecule has 120 valence electrons. The highest BCUT2D eigenvalue weighted by Gasteiger charge is 2.23. The minimum absolute atomic E-state index is 0.165. The number of nitrogens with one attached hydrogen (secondary N) is 1. The molecule has 0 saturated heterocycles. The van der Waals surface area contributed by atoms with Crippen LogP contribution in [0, 0.1) is 5.92 Å². The number of carbonyl (C=O) groups is 2. The number of hydrogen-bond acceptors (Lipinski definition) is 3. The van der Waals surface area contributed by atoms with E-state index < -0.39 is 12.0 Å². The van der Waals surface area contributed by atoms with Gasteiger partial charge in [0.05, 0.1) is 7.11 Å². The first kappa shape index (κ1) is 16.3. The minimum Gasteiger partial charge on any atom is -0.497 e. The number of methoxy groups -OCH3 is 1. The van der Waals surface area contributed by atoms with Gasteiger partial charge in [-0.3, -0.25) is 4.79 Å². The van der Waals surface area contributed by atoms with Gasteiger partial charge in [-0.05, 0) is 36.5 Å². The predicted molar refractivity (Wildman–Crippen MR) is 82.8 cm³/mol. The second-order valence-corrected chi connectivity index (χ2v) is 5.87. The Bertz CT molecular complexity index is 523. The third-order valence-corrected chi connectivity index (χ3v) is 4.16. The fraction of sp³-hybridized carbons (Fsp3) is 0.529. The maximum absolute atomic E-state index is 12.0. The quantitative estimate of drug-likeness (QED) is 0.811. The van der Waals surface area contributed by atoms with Crippen LogP contribution in [0.25, 0.3) is 0 Å². The molecule has 1 aromatic carbocycles. The van der Waals surface area contributed by atoms with Gasteiger partial charge in [0.25, 0.3) is 0 Å². The van der Waals surface area contributed by atoms with E-state index in [-0.39, 0.29) is 12.3 Å². The van der Waals surface area contributed by atoms with E-state index in [4.69, 9.17) is 4.74 Å². The number of amides is 1. The molecule has 0 heterocycles. The number of benzene rings is 1. The Morgan fingerprint density at radius 3 is 2.73 bits per heavy atom. The molecule has 2 rings (SSSR count). The summed E-state index contributed by atoms with van der Waals surface area (Å²) in [6, 6.07) is 6.34. The average molecular weight is 305 g/mol. The zero-order valence-electron chi connectivity index (χ0n) is 12.9. The van der Waals surface area contributed by atoms with Crippen molar-refractivity contribution in [3.8, 4) is 5.75 Å². The van der Waals surface area contributed by atoms with E-state index >= 15 is 0 Å². The molecule has 0 aromatic heterocycles. The van der Waals surface area contributed by atoms with Crippen LogP contribution in [-0.2, 0) is 16.0 Å². The van der Waals surface area contributed by atoms with E-state index in [1.165, 1.54) is 12.8 Å². The molecule has 0 aliphatic heterocycles. The van der Waals surface area contributed by atoms with E-state index in [0.717, 1.165) is 18.4 Å². The van der Waals surface area contributed by atoms with Crippen molar-refractivity contribution in [1.82, 2.24) is 5.32 Å². The molecule has 5 heteroatoms. The Morgan fingerprint density at radius 1 is 1.36 bits per heavy atom. The second kappa shape index (κ2) is 7.82. The summed E-state index contributed by atoms with van der Waals surface area (Å²) >= 11 is 0. The zero-order chi connectivity index (χ0) is 15.9. The third kappa shape index (κ3) is 4.76. The molecule has 1 aromatic rings. The van der Waals surface area contributed by atoms with Crippen LogP contribution in [0.4, 0.5) is 0 Å². The normalized spacial score (nSPS) is 16.2. The lowest BCUT2D eigenvalue weighted by Gasteiger charge is -2.16. The van der Waals surface area contributed by atoms with Crippen LogP contribution in [0.5, 0.6) is 5.75 Å². The lowest BCUT2D eigenvalue weighted by atomic mass is 10.0. The first-order valence-corrected chi connectivity index (χ1v) is 7.73. The van der Waals surface area contributed by atoms with Crippen LogP contribution >= 0.6 is 0 Å². The molecule has 1 amide bonds. The molecule has 1 saturated carbocycles. The molecule has 5 nitrogen and oxygen atoms in total. The maximum atomic E-state index is 12.0. The number of aliphatic carboxylic acids is 1. The van der Waals surface area contributed by atoms with Crippen molar-refractivity contribution in [3.63, 3.8) is 0 Å². The van der Waals surface area contributed by atoms with Gasteiger partial charge in [0.2, 0.25) is 5.91 Å². The molecule has 2 N–H and O–H groups in total. The first-order valence-electron chi connectivity index (χ1n) is 7.73. The van der Waals surface area contributed by atoms with E-state index in [0.29, 0.717) is 18.1 Å². The largest absolute Gasteiger partial charge is 0.497 e. The summed E-state index contributed by atoms with van der Waals surface area (Å²) in [6.07, 6.45) is 5.17. The molecule has 1 aliphatic carbocycles. The standard InChI is InChI=1S/C17H23NO4/c1-22-14-8-4-7-13(9-14)10-15(17(20)21)18-16(19)11-12-5-2-3-6-12/h4,7-9,12,15H,2-3,5-6,10-11H2,1H3,(H,18,19)(H,20,21)/t15-/m0/s1. The predicted octanol–water partition coefficient (Wildman–Crippen LogP) is 2.39. The minimum atomic E-state index is -1.01. The summed E-state index contributed by atoms with van der Waals surface area (Å²) in [4.78, 5) is 23.4. The molecular weight excluding hydrogens is 282 g/mol. The maximum Gasteiger partial charge on any atom is 0.326 e. The second-order valence-electron chi connectivity index (χ2n) is 5.87. The number of rotatable bonds is 7. The Kier molecular flexibility index (Phi) is 5.81. The molecule has 22 heavy (non-hydrogen) atoms. The van der Waals surface area contributed by atoms with Gasteiger partial charge in [0.1, 0.15) is 11.8 Å². The number of ether oxygens (including phenoxy) is 1. The van der Waals surface area contributed by atoms with Crippen molar-refractivity contribution in [3.05, 3.63) is 29.8 Å². The van der Waals surface area contributed by atoms with Gasteiger partial charge in [-0.25, -0.2) is 4.79 Å². The highest BCUT2D eigenvalue weighted by atomic mass is 16.5. The van der Waals surface area contributed by atoms with E-state index in [1.807, 2.05) is 12.1 Å². The smallest absolute Gasteiger partial charge is 0.326 e. The monoisotopic (exact) mass is 305 g/mol. The van der Waals surface area contributed by atoms with Crippen LogP contribution < -0.4 is 10.1 Å². The van der Waals surface area contributed by atoms with E-state index in [1.54, 1.807) is 19.2 Å². The van der Waals surface area contributed by atoms with Crippen LogP contribution in [0.1, 0.15) is 37.7 Å². The van der Waals surface area contributed by atoms with Gasteiger partial charge in [-0.2, -0.15) is 0 Å². The fourth-order valence-electron chi connectivity index (χ4n) is 2.97. The summed E-state index contributed by atoms with van der Waals surface area (Å²) in [5, 5.41) is 12.0. The van der Waals surface area contributed by atoms with Gasteiger partial charge in [0.15, 0.2) is 0 Å². The molecule has 0 bridgehead atoms. The van der Waals surface area contributed by atoms with Gasteiger partial charge in [-0.15, -0.1) is 0 Å². The van der Waals surface area contributed by atoms with Gasteiger partial charge < -0.3 is 15.2 Å². The molecule has 0 unspecified atom stereocenters. The number of carboxylic acids is 1. The van der Waals surface area contributed by atoms with E-state index in [9.17, 15) is 14.7 Å². The SMILES string of the molecule is COc1cccc(C[C@H](NC(=O)CC2CCCC2)C(=O)O)c1. The van der Waals surface area contributed by atoms with Crippen LogP contribution in [0.3, 0.4) is 0 Å². The Labute approximate surface area is 130 Å². The Hall–Kier alpha value is -2.04. The van der Waals surface area contributed by atoms with Gasteiger partial charge in [-0.1, -0.05) is 25.0 Å². The van der Waals surface area contributed by atoms with Gasteiger partial charge >= 0.3 is 5.97 Å². The van der Waals surface area contributed by atoms with Crippen molar-refractivity contribution in [2.45, 2.75) is 44.6 Å². The topological polar surface area (TPSA) is 75.6 Å². The molecule has 1 atom stereocenters. The van der Waals surface area contributed by atoms with E-state index in [2.05, 4.69) is 5.32 Å². The fourth-order valence-corrected chi connectivity index (χ4v) is 2.97. The lowest BCUT2D eigenvalue weighted by molar-refractivity contribution is -0.141. The van der Waals surface area contributed by atoms with Gasteiger partial charge in [0, 0.05) is 12.8 Å². The van der Waals surface area contributed by atoms with Crippen molar-refractivity contribution in [2.75, 3.05) is 7.11 Å². The van der Waals surface area contributed by atoms with Crippen molar-refractivity contribution in [1.29, 1.82) is 0 Å². The summed E-state index contributed by atoms with van der Waals surface area (Å²) in [6.45, 7) is 0. The van der Waals surface area contributed by atoms with Crippen molar-refractivity contribution >= 4 is 11.9 Å². The van der Waals surface area contributed by atoms with Crippen LogP contribution in [-0.4, -0.2) is 30.1 Å². The third-order valence-electron chi connectivity index (χ3n) is 4.16.